The maximum Gasteiger partial charge on any atom is 0.293 e. The Kier molecular flexibility index (Phi) is 3.41. The number of piperidine rings is 1. The summed E-state index contributed by atoms with van der Waals surface area (Å²) in [4.78, 5) is 18.4. The van der Waals surface area contributed by atoms with Crippen molar-refractivity contribution in [2.24, 2.45) is 5.41 Å². The van der Waals surface area contributed by atoms with E-state index >= 15 is 0 Å². The van der Waals surface area contributed by atoms with E-state index in [0.717, 1.165) is 31.8 Å². The largest absolute Gasteiger partial charge is 0.336 e. The number of likely N-dealkylation sites (tertiary alicyclic amines) is 1. The third-order valence-electron chi connectivity index (χ3n) is 3.65. The molecule has 1 aliphatic rings. The van der Waals surface area contributed by atoms with E-state index in [9.17, 15) is 4.79 Å². The Labute approximate surface area is 108 Å². The molecule has 1 N–H and O–H groups in total. The van der Waals surface area contributed by atoms with Gasteiger partial charge in [-0.15, -0.1) is 5.10 Å². The van der Waals surface area contributed by atoms with Crippen molar-refractivity contribution in [1.29, 1.82) is 0 Å². The second-order valence-electron chi connectivity index (χ2n) is 6.16. The summed E-state index contributed by atoms with van der Waals surface area (Å²) in [6.45, 7) is 10.2. The molecule has 1 saturated heterocycles. The molecule has 2 heterocycles. The Morgan fingerprint density at radius 1 is 1.33 bits per heavy atom. The molecule has 1 fully saturated rings. The molecule has 0 unspecified atom stereocenters. The van der Waals surface area contributed by atoms with Gasteiger partial charge in [-0.3, -0.25) is 9.89 Å². The van der Waals surface area contributed by atoms with Gasteiger partial charge in [-0.25, -0.2) is 4.98 Å². The third kappa shape index (κ3) is 2.71. The highest BCUT2D eigenvalue weighted by Crippen LogP contribution is 2.30. The molecule has 1 aromatic rings. The SMILES string of the molecule is CC(C)c1nc(C(=O)N2CCC(C)(C)CC2)n[nH]1. The predicted octanol–water partition coefficient (Wildman–Crippen LogP) is 2.19. The number of aromatic amines is 1. The van der Waals surface area contributed by atoms with Gasteiger partial charge < -0.3 is 4.90 Å². The summed E-state index contributed by atoms with van der Waals surface area (Å²) in [5.74, 6) is 1.29. The molecule has 1 aliphatic heterocycles. The summed E-state index contributed by atoms with van der Waals surface area (Å²) in [6, 6.07) is 0. The molecule has 0 bridgehead atoms. The number of hydrogen-bond acceptors (Lipinski definition) is 3. The van der Waals surface area contributed by atoms with Crippen LogP contribution in [0.3, 0.4) is 0 Å². The second-order valence-corrected chi connectivity index (χ2v) is 6.16. The van der Waals surface area contributed by atoms with Gasteiger partial charge in [0.15, 0.2) is 0 Å². The Bertz CT molecular complexity index is 426. The summed E-state index contributed by atoms with van der Waals surface area (Å²) >= 11 is 0. The number of H-pyrrole nitrogens is 1. The van der Waals surface area contributed by atoms with E-state index in [1.165, 1.54) is 0 Å². The van der Waals surface area contributed by atoms with Crippen LogP contribution in [0.1, 0.15) is 62.9 Å². The number of carbonyl (C=O) groups is 1. The minimum absolute atomic E-state index is 0.0475. The average Bonchev–Trinajstić information content (AvgIpc) is 2.77. The first-order valence-electron chi connectivity index (χ1n) is 6.61. The van der Waals surface area contributed by atoms with Gasteiger partial charge in [-0.1, -0.05) is 27.7 Å². The van der Waals surface area contributed by atoms with Gasteiger partial charge in [0.2, 0.25) is 5.82 Å². The van der Waals surface area contributed by atoms with Gasteiger partial charge >= 0.3 is 0 Å². The minimum atomic E-state index is -0.0475. The molecular weight excluding hydrogens is 228 g/mol. The predicted molar refractivity (Wildman–Crippen MR) is 69.4 cm³/mol. The number of carbonyl (C=O) groups excluding carboxylic acids is 1. The van der Waals surface area contributed by atoms with Crippen molar-refractivity contribution in [2.45, 2.75) is 46.5 Å². The highest BCUT2D eigenvalue weighted by molar-refractivity contribution is 5.90. The number of amides is 1. The highest BCUT2D eigenvalue weighted by atomic mass is 16.2. The highest BCUT2D eigenvalue weighted by Gasteiger charge is 2.29. The lowest BCUT2D eigenvalue weighted by Gasteiger charge is -2.36. The van der Waals surface area contributed by atoms with E-state index in [4.69, 9.17) is 0 Å². The van der Waals surface area contributed by atoms with Crippen molar-refractivity contribution in [2.75, 3.05) is 13.1 Å². The quantitative estimate of drug-likeness (QED) is 0.875. The fraction of sp³-hybridized carbons (Fsp3) is 0.769. The molecule has 0 radical (unpaired) electrons. The van der Waals surface area contributed by atoms with Crippen molar-refractivity contribution in [3.8, 4) is 0 Å². The van der Waals surface area contributed by atoms with E-state index in [2.05, 4.69) is 29.0 Å². The van der Waals surface area contributed by atoms with Crippen LogP contribution >= 0.6 is 0 Å². The van der Waals surface area contributed by atoms with Crippen LogP contribution in [0.15, 0.2) is 0 Å². The molecule has 0 aliphatic carbocycles. The van der Waals surface area contributed by atoms with Gasteiger partial charge in [0.25, 0.3) is 5.91 Å². The molecule has 0 spiro atoms. The van der Waals surface area contributed by atoms with E-state index in [1.54, 1.807) is 0 Å². The van der Waals surface area contributed by atoms with Crippen LogP contribution in [-0.4, -0.2) is 39.1 Å². The zero-order valence-corrected chi connectivity index (χ0v) is 11.7. The van der Waals surface area contributed by atoms with Crippen LogP contribution in [0, 0.1) is 5.41 Å². The fourth-order valence-corrected chi connectivity index (χ4v) is 2.08. The molecule has 1 amide bonds. The van der Waals surface area contributed by atoms with Crippen molar-refractivity contribution in [1.82, 2.24) is 20.1 Å². The van der Waals surface area contributed by atoms with Crippen molar-refractivity contribution < 1.29 is 4.79 Å². The molecule has 0 saturated carbocycles. The van der Waals surface area contributed by atoms with Gasteiger partial charge in [0, 0.05) is 19.0 Å². The van der Waals surface area contributed by atoms with Gasteiger partial charge in [0.05, 0.1) is 0 Å². The molecular formula is C13H22N4O. The molecule has 5 heteroatoms. The molecule has 100 valence electrons. The van der Waals surface area contributed by atoms with E-state index in [1.807, 2.05) is 18.7 Å². The minimum Gasteiger partial charge on any atom is -0.336 e. The normalized spacial score (nSPS) is 19.3. The maximum atomic E-state index is 12.2. The van der Waals surface area contributed by atoms with E-state index < -0.39 is 0 Å². The summed E-state index contributed by atoms with van der Waals surface area (Å²) < 4.78 is 0. The second kappa shape index (κ2) is 4.71. The van der Waals surface area contributed by atoms with Crippen molar-refractivity contribution in [3.05, 3.63) is 11.6 Å². The standard InChI is InChI=1S/C13H22N4O/c1-9(2)10-14-11(16-15-10)12(18)17-7-5-13(3,4)6-8-17/h9H,5-8H2,1-4H3,(H,14,15,16). The lowest BCUT2D eigenvalue weighted by Crippen LogP contribution is -2.41. The number of nitrogens with one attached hydrogen (secondary N) is 1. The first-order valence-corrected chi connectivity index (χ1v) is 6.61. The van der Waals surface area contributed by atoms with E-state index in [0.29, 0.717) is 11.2 Å². The number of rotatable bonds is 2. The van der Waals surface area contributed by atoms with Gasteiger partial charge in [0.1, 0.15) is 5.82 Å². The van der Waals surface area contributed by atoms with Crippen LogP contribution < -0.4 is 0 Å². The molecule has 18 heavy (non-hydrogen) atoms. The Morgan fingerprint density at radius 2 is 1.94 bits per heavy atom. The zero-order chi connectivity index (χ0) is 13.3. The lowest BCUT2D eigenvalue weighted by atomic mass is 9.83. The monoisotopic (exact) mass is 250 g/mol. The lowest BCUT2D eigenvalue weighted by molar-refractivity contribution is 0.0618. The topological polar surface area (TPSA) is 61.9 Å². The van der Waals surface area contributed by atoms with E-state index in [-0.39, 0.29) is 11.8 Å². The Hall–Kier alpha value is -1.39. The molecule has 0 aromatic carbocycles. The summed E-state index contributed by atoms with van der Waals surface area (Å²) in [5, 5.41) is 6.85. The maximum absolute atomic E-state index is 12.2. The Balaban J connectivity index is 2.03. The molecule has 2 rings (SSSR count). The van der Waals surface area contributed by atoms with Crippen LogP contribution in [0.5, 0.6) is 0 Å². The fourth-order valence-electron chi connectivity index (χ4n) is 2.08. The number of hydrogen-bond donors (Lipinski definition) is 1. The molecule has 1 aromatic heterocycles. The van der Waals surface area contributed by atoms with Gasteiger partial charge in [-0.2, -0.15) is 0 Å². The first-order chi connectivity index (χ1) is 8.39. The summed E-state index contributed by atoms with van der Waals surface area (Å²) in [6.07, 6.45) is 2.08. The van der Waals surface area contributed by atoms with Crippen LogP contribution in [0.4, 0.5) is 0 Å². The molecule has 5 nitrogen and oxygen atoms in total. The number of nitrogens with zero attached hydrogens (tertiary/aromatic N) is 3. The Morgan fingerprint density at radius 3 is 2.44 bits per heavy atom. The van der Waals surface area contributed by atoms with Crippen LogP contribution in [-0.2, 0) is 0 Å². The van der Waals surface area contributed by atoms with Gasteiger partial charge in [-0.05, 0) is 18.3 Å². The van der Waals surface area contributed by atoms with Crippen molar-refractivity contribution >= 4 is 5.91 Å². The average molecular weight is 250 g/mol. The summed E-state index contributed by atoms with van der Waals surface area (Å²) in [5.41, 5.74) is 0.346. The van der Waals surface area contributed by atoms with Crippen LogP contribution in [0.2, 0.25) is 0 Å². The first kappa shape index (κ1) is 13.1. The third-order valence-corrected chi connectivity index (χ3v) is 3.65. The molecule has 0 atom stereocenters. The smallest absolute Gasteiger partial charge is 0.293 e. The van der Waals surface area contributed by atoms with Crippen molar-refractivity contribution in [3.63, 3.8) is 0 Å². The van der Waals surface area contributed by atoms with Crippen LogP contribution in [0.25, 0.3) is 0 Å². The summed E-state index contributed by atoms with van der Waals surface area (Å²) in [7, 11) is 0. The zero-order valence-electron chi connectivity index (χ0n) is 11.7. The number of aromatic nitrogens is 3.